The number of aliphatic hydroxyl groups is 1. The summed E-state index contributed by atoms with van der Waals surface area (Å²) < 4.78 is 0. The van der Waals surface area contributed by atoms with Crippen molar-refractivity contribution in [2.75, 3.05) is 19.6 Å². The molecule has 0 radical (unpaired) electrons. The van der Waals surface area contributed by atoms with E-state index in [1.54, 1.807) is 0 Å². The number of rotatable bonds is 3. The van der Waals surface area contributed by atoms with E-state index in [2.05, 4.69) is 27.1 Å². The van der Waals surface area contributed by atoms with Gasteiger partial charge in [-0.25, -0.2) is 4.98 Å². The Morgan fingerprint density at radius 1 is 1.22 bits per heavy atom. The molecule has 0 spiro atoms. The second-order valence-corrected chi connectivity index (χ2v) is 7.48. The van der Waals surface area contributed by atoms with Crippen LogP contribution in [-0.4, -0.2) is 45.2 Å². The fraction of sp³-hybridized carbons (Fsp3) is 0.632. The monoisotopic (exact) mass is 313 g/mol. The Morgan fingerprint density at radius 2 is 2.00 bits per heavy atom. The second kappa shape index (κ2) is 6.25. The molecular formula is C19H27N3O. The molecule has 1 aliphatic heterocycles. The highest BCUT2D eigenvalue weighted by Gasteiger charge is 2.33. The van der Waals surface area contributed by atoms with Crippen LogP contribution in [-0.2, 0) is 0 Å². The predicted molar refractivity (Wildman–Crippen MR) is 92.5 cm³/mol. The molecule has 0 bridgehead atoms. The van der Waals surface area contributed by atoms with Gasteiger partial charge in [-0.1, -0.05) is 19.3 Å². The Kier molecular flexibility index (Phi) is 4.12. The molecule has 1 saturated carbocycles. The van der Waals surface area contributed by atoms with E-state index < -0.39 is 5.60 Å². The van der Waals surface area contributed by atoms with Crippen molar-refractivity contribution >= 4 is 11.0 Å². The Labute approximate surface area is 137 Å². The molecule has 23 heavy (non-hydrogen) atoms. The first-order valence-electron chi connectivity index (χ1n) is 9.10. The first-order chi connectivity index (χ1) is 11.2. The van der Waals surface area contributed by atoms with Crippen LogP contribution in [0, 0.1) is 0 Å². The lowest BCUT2D eigenvalue weighted by Gasteiger charge is -2.40. The van der Waals surface area contributed by atoms with Crippen LogP contribution < -0.4 is 0 Å². The van der Waals surface area contributed by atoms with Gasteiger partial charge in [0.25, 0.3) is 0 Å². The fourth-order valence-corrected chi connectivity index (χ4v) is 4.50. The molecule has 1 saturated heterocycles. The molecule has 4 nitrogen and oxygen atoms in total. The SMILES string of the molecule is OC1(CN2CCC(c3c[nH]c4ncccc34)CC2)CCCCC1. The van der Waals surface area contributed by atoms with E-state index >= 15 is 0 Å². The summed E-state index contributed by atoms with van der Waals surface area (Å²) in [5.41, 5.74) is 2.00. The van der Waals surface area contributed by atoms with Gasteiger partial charge in [0, 0.05) is 24.3 Å². The highest BCUT2D eigenvalue weighted by molar-refractivity contribution is 5.80. The van der Waals surface area contributed by atoms with E-state index in [0.29, 0.717) is 5.92 Å². The van der Waals surface area contributed by atoms with Gasteiger partial charge in [0.2, 0.25) is 0 Å². The molecule has 1 aliphatic carbocycles. The number of likely N-dealkylation sites (tertiary alicyclic amines) is 1. The average molecular weight is 313 g/mol. The smallest absolute Gasteiger partial charge is 0.137 e. The van der Waals surface area contributed by atoms with Crippen LogP contribution in [0.1, 0.15) is 56.4 Å². The third-order valence-corrected chi connectivity index (χ3v) is 5.81. The van der Waals surface area contributed by atoms with Crippen molar-refractivity contribution < 1.29 is 5.11 Å². The number of β-amino-alcohol motifs (C(OH)–C–C–N with tert-alkyl or cyclic N) is 1. The molecule has 0 atom stereocenters. The van der Waals surface area contributed by atoms with Crippen LogP contribution in [0.4, 0.5) is 0 Å². The summed E-state index contributed by atoms with van der Waals surface area (Å²) in [7, 11) is 0. The summed E-state index contributed by atoms with van der Waals surface area (Å²) in [6, 6.07) is 4.19. The number of aromatic amines is 1. The number of nitrogens with one attached hydrogen (secondary N) is 1. The third kappa shape index (κ3) is 3.15. The summed E-state index contributed by atoms with van der Waals surface area (Å²) in [5.74, 6) is 0.616. The second-order valence-electron chi connectivity index (χ2n) is 7.48. The van der Waals surface area contributed by atoms with Gasteiger partial charge in [-0.05, 0) is 62.4 Å². The molecule has 2 N–H and O–H groups in total. The van der Waals surface area contributed by atoms with Crippen LogP contribution in [0.3, 0.4) is 0 Å². The zero-order valence-corrected chi connectivity index (χ0v) is 13.8. The topological polar surface area (TPSA) is 52.1 Å². The van der Waals surface area contributed by atoms with Crippen molar-refractivity contribution in [3.8, 4) is 0 Å². The van der Waals surface area contributed by atoms with Gasteiger partial charge >= 0.3 is 0 Å². The molecular weight excluding hydrogens is 286 g/mol. The third-order valence-electron chi connectivity index (χ3n) is 5.81. The minimum absolute atomic E-state index is 0.421. The highest BCUT2D eigenvalue weighted by Crippen LogP contribution is 2.34. The first kappa shape index (κ1) is 15.2. The normalized spacial score (nSPS) is 23.3. The lowest BCUT2D eigenvalue weighted by atomic mass is 9.83. The number of pyridine rings is 1. The van der Waals surface area contributed by atoms with Gasteiger partial charge in [0.1, 0.15) is 5.65 Å². The van der Waals surface area contributed by atoms with Crippen LogP contribution >= 0.6 is 0 Å². The Balaban J connectivity index is 1.39. The van der Waals surface area contributed by atoms with Crippen molar-refractivity contribution in [1.82, 2.24) is 14.9 Å². The fourth-order valence-electron chi connectivity index (χ4n) is 4.50. The van der Waals surface area contributed by atoms with Crippen LogP contribution in [0.5, 0.6) is 0 Å². The molecule has 4 heteroatoms. The maximum Gasteiger partial charge on any atom is 0.137 e. The van der Waals surface area contributed by atoms with Gasteiger partial charge in [-0.2, -0.15) is 0 Å². The highest BCUT2D eigenvalue weighted by atomic mass is 16.3. The predicted octanol–water partition coefficient (Wildman–Crippen LogP) is 3.44. The molecule has 2 aromatic rings. The van der Waals surface area contributed by atoms with Crippen molar-refractivity contribution in [2.45, 2.75) is 56.5 Å². The maximum absolute atomic E-state index is 10.8. The number of nitrogens with zero attached hydrogens (tertiary/aromatic N) is 2. The maximum atomic E-state index is 10.8. The van der Waals surface area contributed by atoms with Gasteiger partial charge < -0.3 is 15.0 Å². The van der Waals surface area contributed by atoms with Gasteiger partial charge in [0.05, 0.1) is 5.60 Å². The molecule has 3 heterocycles. The number of hydrogen-bond donors (Lipinski definition) is 2. The summed E-state index contributed by atoms with van der Waals surface area (Å²) >= 11 is 0. The number of aromatic nitrogens is 2. The largest absolute Gasteiger partial charge is 0.389 e. The Hall–Kier alpha value is -1.39. The minimum atomic E-state index is -0.421. The summed E-state index contributed by atoms with van der Waals surface area (Å²) in [5, 5.41) is 12.0. The Bertz CT molecular complexity index is 651. The molecule has 2 aromatic heterocycles. The number of fused-ring (bicyclic) bond motifs is 1. The molecule has 2 aliphatic rings. The van der Waals surface area contributed by atoms with Crippen LogP contribution in [0.15, 0.2) is 24.5 Å². The molecule has 4 rings (SSSR count). The minimum Gasteiger partial charge on any atom is -0.389 e. The summed E-state index contributed by atoms with van der Waals surface area (Å²) in [4.78, 5) is 10.2. The summed E-state index contributed by atoms with van der Waals surface area (Å²) in [6.07, 6.45) is 12.0. The summed E-state index contributed by atoms with van der Waals surface area (Å²) in [6.45, 7) is 3.06. The molecule has 124 valence electrons. The molecule has 0 aromatic carbocycles. The first-order valence-corrected chi connectivity index (χ1v) is 9.10. The number of H-pyrrole nitrogens is 1. The van der Waals surface area contributed by atoms with Gasteiger partial charge in [-0.3, -0.25) is 0 Å². The van der Waals surface area contributed by atoms with Gasteiger partial charge in [0.15, 0.2) is 0 Å². The van der Waals surface area contributed by atoms with Crippen LogP contribution in [0.2, 0.25) is 0 Å². The lowest BCUT2D eigenvalue weighted by Crippen LogP contribution is -2.46. The van der Waals surface area contributed by atoms with E-state index in [4.69, 9.17) is 0 Å². The van der Waals surface area contributed by atoms with Gasteiger partial charge in [-0.15, -0.1) is 0 Å². The molecule has 0 unspecified atom stereocenters. The zero-order valence-electron chi connectivity index (χ0n) is 13.8. The van der Waals surface area contributed by atoms with Crippen molar-refractivity contribution in [3.63, 3.8) is 0 Å². The van der Waals surface area contributed by atoms with Crippen LogP contribution in [0.25, 0.3) is 11.0 Å². The van der Waals surface area contributed by atoms with Crippen molar-refractivity contribution in [3.05, 3.63) is 30.1 Å². The molecule has 2 fully saturated rings. The van der Waals surface area contributed by atoms with Crippen molar-refractivity contribution in [1.29, 1.82) is 0 Å². The van der Waals surface area contributed by atoms with E-state index in [1.807, 2.05) is 12.3 Å². The van der Waals surface area contributed by atoms with Crippen molar-refractivity contribution in [2.24, 2.45) is 0 Å². The lowest BCUT2D eigenvalue weighted by molar-refractivity contribution is -0.0307. The number of piperidine rings is 1. The van der Waals surface area contributed by atoms with E-state index in [9.17, 15) is 5.11 Å². The van der Waals surface area contributed by atoms with E-state index in [1.165, 1.54) is 43.1 Å². The van der Waals surface area contributed by atoms with E-state index in [-0.39, 0.29) is 0 Å². The zero-order chi connectivity index (χ0) is 15.7. The molecule has 0 amide bonds. The van der Waals surface area contributed by atoms with E-state index in [0.717, 1.165) is 38.1 Å². The Morgan fingerprint density at radius 3 is 2.78 bits per heavy atom. The standard InChI is InChI=1S/C19H27N3O/c23-19(8-2-1-3-9-19)14-22-11-6-15(7-12-22)17-13-21-18-16(17)5-4-10-20-18/h4-5,10,13,15,23H,1-3,6-9,11-12,14H2,(H,20,21). The average Bonchev–Trinajstić information content (AvgIpc) is 3.00. The number of hydrogen-bond acceptors (Lipinski definition) is 3. The quantitative estimate of drug-likeness (QED) is 0.912.